The molecule has 5 nitrogen and oxygen atoms in total. The molecule has 0 atom stereocenters. The van der Waals surface area contributed by atoms with Crippen molar-refractivity contribution in [3.8, 4) is 0 Å². The van der Waals surface area contributed by atoms with Crippen molar-refractivity contribution in [3.63, 3.8) is 0 Å². The van der Waals surface area contributed by atoms with Crippen molar-refractivity contribution in [2.75, 3.05) is 32.7 Å². The average molecular weight is 366 g/mol. The molecule has 0 aliphatic carbocycles. The number of nitrogens with one attached hydrogen (secondary N) is 1. The van der Waals surface area contributed by atoms with Crippen LogP contribution in [0.2, 0.25) is 0 Å². The van der Waals surface area contributed by atoms with Crippen LogP contribution in [0.3, 0.4) is 0 Å². The number of rotatable bonds is 5. The molecule has 2 aromatic rings. The molecule has 1 fully saturated rings. The fraction of sp³-hybridized carbons (Fsp3) is 0.455. The molecule has 1 aromatic carbocycles. The van der Waals surface area contributed by atoms with Crippen molar-refractivity contribution in [2.45, 2.75) is 33.9 Å². The second kappa shape index (κ2) is 9.51. The van der Waals surface area contributed by atoms with E-state index in [0.29, 0.717) is 6.54 Å². The first-order valence-electron chi connectivity index (χ1n) is 9.87. The summed E-state index contributed by atoms with van der Waals surface area (Å²) in [5.74, 6) is 0.998. The largest absolute Gasteiger partial charge is 0.357 e. The first-order chi connectivity index (χ1) is 13.2. The summed E-state index contributed by atoms with van der Waals surface area (Å²) < 4.78 is 0. The van der Waals surface area contributed by atoms with Crippen molar-refractivity contribution in [2.24, 2.45) is 4.99 Å². The molecule has 0 saturated carbocycles. The maximum absolute atomic E-state index is 4.84. The van der Waals surface area contributed by atoms with Crippen LogP contribution in [0.1, 0.15) is 29.3 Å². The Labute approximate surface area is 163 Å². The minimum absolute atomic E-state index is 0.624. The van der Waals surface area contributed by atoms with E-state index < -0.39 is 0 Å². The molecule has 1 aromatic heterocycles. The lowest BCUT2D eigenvalue weighted by atomic mass is 10.1. The second-order valence-corrected chi connectivity index (χ2v) is 7.19. The molecular weight excluding hydrogens is 334 g/mol. The Balaban J connectivity index is 1.58. The van der Waals surface area contributed by atoms with Gasteiger partial charge in [-0.05, 0) is 38.0 Å². The number of benzene rings is 1. The average Bonchev–Trinajstić information content (AvgIpc) is 2.67. The van der Waals surface area contributed by atoms with Gasteiger partial charge in [0.25, 0.3) is 0 Å². The van der Waals surface area contributed by atoms with Crippen LogP contribution >= 0.6 is 0 Å². The molecule has 0 bridgehead atoms. The number of hydrogen-bond donors (Lipinski definition) is 1. The van der Waals surface area contributed by atoms with Gasteiger partial charge in [-0.3, -0.25) is 9.88 Å². The van der Waals surface area contributed by atoms with Crippen LogP contribution in [0.5, 0.6) is 0 Å². The van der Waals surface area contributed by atoms with Gasteiger partial charge in [-0.25, -0.2) is 4.99 Å². The second-order valence-electron chi connectivity index (χ2n) is 7.19. The van der Waals surface area contributed by atoms with E-state index in [4.69, 9.17) is 4.99 Å². The molecule has 144 valence electrons. The van der Waals surface area contributed by atoms with Gasteiger partial charge in [0.1, 0.15) is 0 Å². The zero-order valence-corrected chi connectivity index (χ0v) is 16.8. The van der Waals surface area contributed by atoms with Gasteiger partial charge in [-0.2, -0.15) is 0 Å². The van der Waals surface area contributed by atoms with Gasteiger partial charge in [0.15, 0.2) is 5.96 Å². The smallest absolute Gasteiger partial charge is 0.194 e. The topological polar surface area (TPSA) is 43.8 Å². The number of hydrogen-bond acceptors (Lipinski definition) is 3. The highest BCUT2D eigenvalue weighted by molar-refractivity contribution is 5.80. The van der Waals surface area contributed by atoms with E-state index in [1.165, 1.54) is 16.7 Å². The fourth-order valence-corrected chi connectivity index (χ4v) is 3.45. The summed E-state index contributed by atoms with van der Waals surface area (Å²) in [5.41, 5.74) is 4.97. The quantitative estimate of drug-likeness (QED) is 0.653. The van der Waals surface area contributed by atoms with Crippen LogP contribution < -0.4 is 5.32 Å². The molecule has 0 unspecified atom stereocenters. The third-order valence-electron chi connectivity index (χ3n) is 4.99. The van der Waals surface area contributed by atoms with Crippen molar-refractivity contribution < 1.29 is 0 Å². The lowest BCUT2D eigenvalue weighted by molar-refractivity contribution is 0.172. The van der Waals surface area contributed by atoms with E-state index in [0.717, 1.165) is 50.9 Å². The van der Waals surface area contributed by atoms with Crippen LogP contribution in [0.15, 0.2) is 47.6 Å². The Morgan fingerprint density at radius 2 is 1.93 bits per heavy atom. The predicted molar refractivity (Wildman–Crippen MR) is 112 cm³/mol. The van der Waals surface area contributed by atoms with E-state index in [1.54, 1.807) is 0 Å². The summed E-state index contributed by atoms with van der Waals surface area (Å²) in [6, 6.07) is 12.9. The van der Waals surface area contributed by atoms with Gasteiger partial charge in [0.05, 0.1) is 12.2 Å². The Morgan fingerprint density at radius 1 is 1.11 bits per heavy atom. The molecule has 5 heteroatoms. The van der Waals surface area contributed by atoms with Crippen LogP contribution in [0.25, 0.3) is 0 Å². The highest BCUT2D eigenvalue weighted by atomic mass is 15.3. The van der Waals surface area contributed by atoms with Gasteiger partial charge in [0.2, 0.25) is 0 Å². The van der Waals surface area contributed by atoms with Gasteiger partial charge in [0, 0.05) is 45.5 Å². The number of nitrogens with zero attached hydrogens (tertiary/aromatic N) is 4. The molecule has 0 spiro atoms. The molecule has 0 radical (unpaired) electrons. The monoisotopic (exact) mass is 365 g/mol. The van der Waals surface area contributed by atoms with Crippen molar-refractivity contribution >= 4 is 5.96 Å². The Hall–Kier alpha value is -2.40. The molecule has 0 amide bonds. The number of aromatic nitrogens is 1. The molecule has 1 N–H and O–H groups in total. The van der Waals surface area contributed by atoms with E-state index in [9.17, 15) is 0 Å². The molecule has 1 saturated heterocycles. The molecule has 2 heterocycles. The Kier molecular flexibility index (Phi) is 6.82. The van der Waals surface area contributed by atoms with Gasteiger partial charge < -0.3 is 10.2 Å². The SMILES string of the molecule is CCNC(=NCc1ncccc1C)N1CCN(Cc2cccc(C)c2)CC1. The number of guanidine groups is 1. The van der Waals surface area contributed by atoms with Gasteiger partial charge >= 0.3 is 0 Å². The van der Waals surface area contributed by atoms with E-state index in [2.05, 4.69) is 71.2 Å². The highest BCUT2D eigenvalue weighted by Gasteiger charge is 2.19. The van der Waals surface area contributed by atoms with E-state index in [1.807, 2.05) is 12.3 Å². The minimum atomic E-state index is 0.624. The normalized spacial score (nSPS) is 15.8. The third kappa shape index (κ3) is 5.54. The van der Waals surface area contributed by atoms with E-state index >= 15 is 0 Å². The molecule has 1 aliphatic rings. The third-order valence-corrected chi connectivity index (χ3v) is 4.99. The zero-order valence-electron chi connectivity index (χ0n) is 16.8. The van der Waals surface area contributed by atoms with Crippen molar-refractivity contribution in [1.82, 2.24) is 20.1 Å². The van der Waals surface area contributed by atoms with Gasteiger partial charge in [-0.15, -0.1) is 0 Å². The summed E-state index contributed by atoms with van der Waals surface area (Å²) in [5, 5.41) is 3.44. The molecular formula is C22H31N5. The summed E-state index contributed by atoms with van der Waals surface area (Å²) in [6.07, 6.45) is 1.84. The van der Waals surface area contributed by atoms with Crippen LogP contribution in [0, 0.1) is 13.8 Å². The molecule has 27 heavy (non-hydrogen) atoms. The molecule has 3 rings (SSSR count). The number of aliphatic imine (C=N–C) groups is 1. The van der Waals surface area contributed by atoms with Crippen molar-refractivity contribution in [3.05, 3.63) is 65.0 Å². The van der Waals surface area contributed by atoms with Crippen LogP contribution in [-0.2, 0) is 13.1 Å². The lowest BCUT2D eigenvalue weighted by Crippen LogP contribution is -2.52. The minimum Gasteiger partial charge on any atom is -0.357 e. The summed E-state index contributed by atoms with van der Waals surface area (Å²) in [6.45, 7) is 13.0. The fourth-order valence-electron chi connectivity index (χ4n) is 3.45. The first-order valence-corrected chi connectivity index (χ1v) is 9.87. The highest BCUT2D eigenvalue weighted by Crippen LogP contribution is 2.11. The summed E-state index contributed by atoms with van der Waals surface area (Å²) >= 11 is 0. The summed E-state index contributed by atoms with van der Waals surface area (Å²) in [4.78, 5) is 14.2. The van der Waals surface area contributed by atoms with Gasteiger partial charge in [-0.1, -0.05) is 35.9 Å². The maximum atomic E-state index is 4.84. The maximum Gasteiger partial charge on any atom is 0.194 e. The van der Waals surface area contributed by atoms with E-state index in [-0.39, 0.29) is 0 Å². The summed E-state index contributed by atoms with van der Waals surface area (Å²) in [7, 11) is 0. The van der Waals surface area contributed by atoms with Crippen LogP contribution in [-0.4, -0.2) is 53.5 Å². The number of aryl methyl sites for hydroxylation is 2. The zero-order chi connectivity index (χ0) is 19.1. The number of piperazine rings is 1. The predicted octanol–water partition coefficient (Wildman–Crippen LogP) is 2.98. The van der Waals surface area contributed by atoms with Crippen molar-refractivity contribution in [1.29, 1.82) is 0 Å². The van der Waals surface area contributed by atoms with Crippen LogP contribution in [0.4, 0.5) is 0 Å². The molecule has 1 aliphatic heterocycles. The standard InChI is InChI=1S/C22H31N5/c1-4-23-22(25-16-21-19(3)8-6-10-24-21)27-13-11-26(12-14-27)17-20-9-5-7-18(2)15-20/h5-10,15H,4,11-14,16-17H2,1-3H3,(H,23,25). The Bertz CT molecular complexity index is 763. The lowest BCUT2D eigenvalue weighted by Gasteiger charge is -2.36. The first kappa shape index (κ1) is 19.4. The number of pyridine rings is 1. The Morgan fingerprint density at radius 3 is 2.63 bits per heavy atom.